The molecule has 4 N–H and O–H groups in total. The normalized spacial score (nSPS) is 47.1. The van der Waals surface area contributed by atoms with E-state index in [4.69, 9.17) is 4.74 Å². The third-order valence-corrected chi connectivity index (χ3v) is 11.7. The van der Waals surface area contributed by atoms with Gasteiger partial charge in [0.2, 0.25) is 0 Å². The van der Waals surface area contributed by atoms with Crippen LogP contribution in [0, 0.1) is 58.2 Å². The van der Waals surface area contributed by atoms with Crippen molar-refractivity contribution in [1.82, 2.24) is 0 Å². The number of cyclic esters (lactones) is 1. The summed E-state index contributed by atoms with van der Waals surface area (Å²) in [7, 11) is 0. The molecule has 13 atom stereocenters. The SMILES string of the molecule is CCC(C(C)C)[C@@H](O)[C@H](O)[C@@H](C)[C@H]1CC[C@H]2[C@@H]3COC(=O)[C@H]4C[C@H](O)[C@H](O)C[C@]4(C)[C@H]3CC[C@]12C. The topological polar surface area (TPSA) is 107 Å². The number of fused-ring (bicyclic) bond motifs is 5. The number of aliphatic hydroxyl groups is 4. The number of ether oxygens (including phenoxy) is 1. The second-order valence-electron chi connectivity index (χ2n) is 13.5. The molecule has 202 valence electrons. The lowest BCUT2D eigenvalue weighted by Crippen LogP contribution is -2.55. The lowest BCUT2D eigenvalue weighted by Gasteiger charge is -2.56. The predicted molar refractivity (Wildman–Crippen MR) is 134 cm³/mol. The maximum absolute atomic E-state index is 13.0. The van der Waals surface area contributed by atoms with Crippen molar-refractivity contribution in [3.8, 4) is 0 Å². The Morgan fingerprint density at radius 3 is 2.26 bits per heavy atom. The highest BCUT2D eigenvalue weighted by Gasteiger charge is 2.63. The molecule has 1 saturated heterocycles. The second-order valence-corrected chi connectivity index (χ2v) is 13.5. The number of carbonyl (C=O) groups is 1. The quantitative estimate of drug-likeness (QED) is 0.419. The van der Waals surface area contributed by atoms with Gasteiger partial charge in [-0.15, -0.1) is 0 Å². The van der Waals surface area contributed by atoms with E-state index in [1.54, 1.807) is 0 Å². The molecule has 1 unspecified atom stereocenters. The molecule has 3 aliphatic carbocycles. The predicted octanol–water partition coefficient (Wildman–Crippen LogP) is 3.78. The Labute approximate surface area is 211 Å². The van der Waals surface area contributed by atoms with Crippen LogP contribution in [0.5, 0.6) is 0 Å². The number of aliphatic hydroxyl groups excluding tert-OH is 4. The van der Waals surface area contributed by atoms with Gasteiger partial charge in [0.1, 0.15) is 0 Å². The number of esters is 1. The van der Waals surface area contributed by atoms with E-state index in [1.165, 1.54) is 0 Å². The molecular weight excluding hydrogens is 444 g/mol. The maximum Gasteiger partial charge on any atom is 0.309 e. The van der Waals surface area contributed by atoms with Crippen LogP contribution in [0.3, 0.4) is 0 Å². The highest BCUT2D eigenvalue weighted by molar-refractivity contribution is 5.74. The van der Waals surface area contributed by atoms with Gasteiger partial charge in [-0.25, -0.2) is 0 Å². The molecule has 35 heavy (non-hydrogen) atoms. The Morgan fingerprint density at radius 1 is 0.971 bits per heavy atom. The maximum atomic E-state index is 13.0. The molecule has 1 aliphatic heterocycles. The van der Waals surface area contributed by atoms with Crippen LogP contribution < -0.4 is 0 Å². The van der Waals surface area contributed by atoms with Crippen molar-refractivity contribution < 1.29 is 30.0 Å². The summed E-state index contributed by atoms with van der Waals surface area (Å²) in [6, 6.07) is 0. The van der Waals surface area contributed by atoms with Crippen LogP contribution in [-0.2, 0) is 9.53 Å². The molecule has 0 aromatic carbocycles. The second kappa shape index (κ2) is 9.89. The van der Waals surface area contributed by atoms with Crippen molar-refractivity contribution in [2.24, 2.45) is 58.2 Å². The Bertz CT molecular complexity index is 770. The molecule has 6 nitrogen and oxygen atoms in total. The highest BCUT2D eigenvalue weighted by atomic mass is 16.5. The van der Waals surface area contributed by atoms with Gasteiger partial charge in [-0.1, -0.05) is 48.0 Å². The molecule has 0 spiro atoms. The molecule has 1 heterocycles. The third kappa shape index (κ3) is 4.38. The molecule has 4 fully saturated rings. The van der Waals surface area contributed by atoms with Gasteiger partial charge < -0.3 is 25.2 Å². The van der Waals surface area contributed by atoms with Gasteiger partial charge in [0.05, 0.1) is 36.9 Å². The molecule has 6 heteroatoms. The summed E-state index contributed by atoms with van der Waals surface area (Å²) in [6.07, 6.45) is 2.49. The van der Waals surface area contributed by atoms with Gasteiger partial charge in [0.15, 0.2) is 0 Å². The van der Waals surface area contributed by atoms with Gasteiger partial charge in [0.25, 0.3) is 0 Å². The first kappa shape index (κ1) is 27.3. The van der Waals surface area contributed by atoms with Gasteiger partial charge in [-0.05, 0) is 90.8 Å². The minimum atomic E-state index is -0.867. The fourth-order valence-corrected chi connectivity index (χ4v) is 9.60. The zero-order chi connectivity index (χ0) is 25.9. The lowest BCUT2D eigenvalue weighted by molar-refractivity contribution is -0.162. The lowest BCUT2D eigenvalue weighted by atomic mass is 9.48. The van der Waals surface area contributed by atoms with Crippen LogP contribution in [0.15, 0.2) is 0 Å². The summed E-state index contributed by atoms with van der Waals surface area (Å²) in [5.41, 5.74) is -0.348. The van der Waals surface area contributed by atoms with Gasteiger partial charge in [-0.2, -0.15) is 0 Å². The smallest absolute Gasteiger partial charge is 0.309 e. The van der Waals surface area contributed by atoms with Crippen molar-refractivity contribution in [3.05, 3.63) is 0 Å². The Kier molecular flexibility index (Phi) is 7.72. The van der Waals surface area contributed by atoms with Crippen molar-refractivity contribution >= 4 is 5.97 Å². The van der Waals surface area contributed by atoms with Gasteiger partial charge in [0, 0.05) is 0 Å². The molecule has 0 amide bonds. The fraction of sp³-hybridized carbons (Fsp3) is 0.966. The average Bonchev–Trinajstić information content (AvgIpc) is 3.11. The van der Waals surface area contributed by atoms with Crippen LogP contribution in [0.1, 0.15) is 86.5 Å². The fourth-order valence-electron chi connectivity index (χ4n) is 9.60. The minimum absolute atomic E-state index is 0.00679. The van der Waals surface area contributed by atoms with Crippen LogP contribution >= 0.6 is 0 Å². The summed E-state index contributed by atoms with van der Waals surface area (Å²) < 4.78 is 5.88. The standard InChI is InChI=1S/C29H50O6/c1-7-17(15(2)3)26(33)25(32)16(4)19-8-9-20-18-14-35-27(34)22-12-23(30)24(31)13-29(22,6)21(18)10-11-28(19,20)5/h15-26,30-33H,7-14H2,1-6H3/t16-,17?,18-,19+,20-,21-,22+,23-,24+,25+,26+,28+,29+/m0/s1. The molecule has 0 aromatic rings. The number of hydrogen-bond donors (Lipinski definition) is 4. The first-order chi connectivity index (χ1) is 16.4. The number of carbonyl (C=O) groups excluding carboxylic acids is 1. The zero-order valence-electron chi connectivity index (χ0n) is 22.7. The molecular formula is C29H50O6. The first-order valence-corrected chi connectivity index (χ1v) is 14.3. The minimum Gasteiger partial charge on any atom is -0.465 e. The summed E-state index contributed by atoms with van der Waals surface area (Å²) in [5, 5.41) is 43.2. The summed E-state index contributed by atoms with van der Waals surface area (Å²) in [4.78, 5) is 13.0. The van der Waals surface area contributed by atoms with Crippen molar-refractivity contribution in [3.63, 3.8) is 0 Å². The van der Waals surface area contributed by atoms with Crippen molar-refractivity contribution in [1.29, 1.82) is 0 Å². The van der Waals surface area contributed by atoms with Crippen molar-refractivity contribution in [2.45, 2.75) is 111 Å². The number of rotatable bonds is 6. The van der Waals surface area contributed by atoms with Crippen LogP contribution in [0.25, 0.3) is 0 Å². The van der Waals surface area contributed by atoms with E-state index in [2.05, 4.69) is 41.5 Å². The molecule has 4 rings (SSSR count). The number of hydrogen-bond acceptors (Lipinski definition) is 6. The summed E-state index contributed by atoms with van der Waals surface area (Å²) in [5.74, 6) is 1.01. The average molecular weight is 495 g/mol. The van der Waals surface area contributed by atoms with Gasteiger partial charge in [-0.3, -0.25) is 4.79 Å². The van der Waals surface area contributed by atoms with E-state index < -0.39 is 24.4 Å². The van der Waals surface area contributed by atoms with Crippen LogP contribution in [0.2, 0.25) is 0 Å². The largest absolute Gasteiger partial charge is 0.465 e. The van der Waals surface area contributed by atoms with Crippen LogP contribution in [-0.4, -0.2) is 57.4 Å². The van der Waals surface area contributed by atoms with E-state index in [1.807, 2.05) is 0 Å². The summed E-state index contributed by atoms with van der Waals surface area (Å²) in [6.45, 7) is 13.4. The first-order valence-electron chi connectivity index (χ1n) is 14.3. The van der Waals surface area contributed by atoms with E-state index in [-0.39, 0.29) is 52.8 Å². The molecule has 4 aliphatic rings. The monoisotopic (exact) mass is 494 g/mol. The third-order valence-electron chi connectivity index (χ3n) is 11.7. The van der Waals surface area contributed by atoms with Crippen molar-refractivity contribution in [2.75, 3.05) is 6.61 Å². The van der Waals surface area contributed by atoms with E-state index in [9.17, 15) is 25.2 Å². The Morgan fingerprint density at radius 2 is 1.63 bits per heavy atom. The Hall–Kier alpha value is -0.690. The van der Waals surface area contributed by atoms with E-state index >= 15 is 0 Å². The zero-order valence-corrected chi connectivity index (χ0v) is 22.7. The van der Waals surface area contributed by atoms with E-state index in [0.29, 0.717) is 30.8 Å². The molecule has 3 saturated carbocycles. The molecule has 0 bridgehead atoms. The highest BCUT2D eigenvalue weighted by Crippen LogP contribution is 2.66. The Balaban J connectivity index is 1.57. The van der Waals surface area contributed by atoms with Gasteiger partial charge >= 0.3 is 5.97 Å². The van der Waals surface area contributed by atoms with Crippen LogP contribution in [0.4, 0.5) is 0 Å². The summed E-state index contributed by atoms with van der Waals surface area (Å²) >= 11 is 0. The molecule has 0 aromatic heterocycles. The van der Waals surface area contributed by atoms with E-state index in [0.717, 1.165) is 32.1 Å². The molecule has 0 radical (unpaired) electrons.